The van der Waals surface area contributed by atoms with Crippen molar-refractivity contribution in [1.29, 1.82) is 0 Å². The second kappa shape index (κ2) is 13.3. The van der Waals surface area contributed by atoms with Crippen LogP contribution in [0, 0.1) is 0 Å². The molecule has 1 aromatic heterocycles. The van der Waals surface area contributed by atoms with Crippen LogP contribution in [0.3, 0.4) is 0 Å². The van der Waals surface area contributed by atoms with Crippen LogP contribution >= 0.6 is 79.9 Å². The zero-order valence-electron chi connectivity index (χ0n) is 22.2. The number of hydrogen-bond acceptors (Lipinski definition) is 3. The summed E-state index contributed by atoms with van der Waals surface area (Å²) in [6.45, 7) is 0. The van der Waals surface area contributed by atoms with Gasteiger partial charge in [0.1, 0.15) is 0 Å². The smallest absolute Gasteiger partial charge is 0.398 e. The topological polar surface area (TPSA) is 35.5 Å². The highest BCUT2D eigenvalue weighted by Crippen LogP contribution is 2.71. The zero-order chi connectivity index (χ0) is 30.3. The van der Waals surface area contributed by atoms with Crippen LogP contribution in [0.25, 0.3) is 21.9 Å². The van der Waals surface area contributed by atoms with E-state index in [2.05, 4.69) is 63.7 Å². The van der Waals surface area contributed by atoms with Crippen LogP contribution in [0.1, 0.15) is 35.3 Å². The van der Waals surface area contributed by atoms with Gasteiger partial charge in [0, 0.05) is 37.2 Å². The number of hydrogen-bond donors (Lipinski definition) is 0. The van der Waals surface area contributed by atoms with Crippen LogP contribution in [0.5, 0.6) is 0 Å². The monoisotopic (exact) mass is 878 g/mol. The molecule has 1 saturated heterocycles. The minimum atomic E-state index is -4.63. The average Bonchev–Trinajstić information content (AvgIpc) is 3.31. The van der Waals surface area contributed by atoms with Gasteiger partial charge in [-0.1, -0.05) is 100 Å². The minimum absolute atomic E-state index is 0.0260. The molecule has 0 spiro atoms. The van der Waals surface area contributed by atoms with E-state index in [1.807, 2.05) is 72.8 Å². The summed E-state index contributed by atoms with van der Waals surface area (Å²) in [6, 6.07) is 27.0. The van der Waals surface area contributed by atoms with Crippen LogP contribution in [0.2, 0.25) is 0 Å². The number of fused-ring (bicyclic) bond motifs is 3. The van der Waals surface area contributed by atoms with Gasteiger partial charge in [0.25, 0.3) is 0 Å². The summed E-state index contributed by atoms with van der Waals surface area (Å²) < 4.78 is 65.6. The van der Waals surface area contributed by atoms with Crippen LogP contribution in [-0.4, -0.2) is 18.4 Å². The van der Waals surface area contributed by atoms with E-state index in [9.17, 15) is 13.2 Å². The van der Waals surface area contributed by atoms with Gasteiger partial charge in [-0.15, -0.1) is 0 Å². The molecule has 224 valence electrons. The van der Waals surface area contributed by atoms with Crippen molar-refractivity contribution in [2.24, 2.45) is 0 Å². The van der Waals surface area contributed by atoms with Crippen LogP contribution < -0.4 is 4.52 Å². The van der Waals surface area contributed by atoms with E-state index in [0.717, 1.165) is 32.9 Å². The third-order valence-electron chi connectivity index (χ3n) is 7.48. The van der Waals surface area contributed by atoms with Crippen LogP contribution in [0.4, 0.5) is 13.2 Å². The summed E-state index contributed by atoms with van der Waals surface area (Å²) in [5.41, 5.74) is 2.92. The molecule has 0 saturated carbocycles. The van der Waals surface area contributed by atoms with Gasteiger partial charge in [-0.2, -0.15) is 13.2 Å². The van der Waals surface area contributed by atoms with Crippen molar-refractivity contribution < 1.29 is 26.1 Å². The van der Waals surface area contributed by atoms with E-state index in [0.29, 0.717) is 30.9 Å². The summed E-state index contributed by atoms with van der Waals surface area (Å²) in [5, 5.41) is 1.31. The molecule has 0 radical (unpaired) electrons. The van der Waals surface area contributed by atoms with E-state index in [4.69, 9.17) is 12.9 Å². The SMILES string of the molecule is FC(F)(F)[C@H](CP1[C@@H](c2ccccc2)CC[C@@H]1c1ccccc1)Op1oc2c(Br)cc(Br)cc2c2cc(Br)cc(Br)c2o1. The zero-order valence-corrected chi connectivity index (χ0v) is 30.3. The fourth-order valence-corrected chi connectivity index (χ4v) is 13.5. The van der Waals surface area contributed by atoms with Gasteiger partial charge in [-0.05, 0) is 80.1 Å². The summed E-state index contributed by atoms with van der Waals surface area (Å²) in [4.78, 5) is 0. The third-order valence-corrected chi connectivity index (χ3v) is 14.1. The molecular weight excluding hydrogens is 859 g/mol. The Labute approximate surface area is 282 Å². The van der Waals surface area contributed by atoms with Crippen molar-refractivity contribution in [3.63, 3.8) is 0 Å². The molecule has 6 rings (SSSR count). The fourth-order valence-electron chi connectivity index (χ4n) is 5.59. The second-order valence-corrected chi connectivity index (χ2v) is 17.4. The Morgan fingerprint density at radius 1 is 0.721 bits per heavy atom. The van der Waals surface area contributed by atoms with Gasteiger partial charge in [-0.3, -0.25) is 4.52 Å². The van der Waals surface area contributed by atoms with Gasteiger partial charge >= 0.3 is 14.4 Å². The highest BCUT2D eigenvalue weighted by molar-refractivity contribution is 9.11. The number of halogens is 7. The maximum atomic E-state index is 14.9. The van der Waals surface area contributed by atoms with Gasteiger partial charge in [0.2, 0.25) is 0 Å². The normalized spacial score (nSPS) is 18.4. The first-order chi connectivity index (χ1) is 20.6. The highest BCUT2D eigenvalue weighted by Gasteiger charge is 2.48. The Morgan fingerprint density at radius 2 is 1.16 bits per heavy atom. The fraction of sp³-hybridized carbons (Fsp3) is 0.226. The molecule has 1 aliphatic heterocycles. The Kier molecular flexibility index (Phi) is 9.86. The molecule has 4 aromatic carbocycles. The molecule has 12 heteroatoms. The van der Waals surface area contributed by atoms with Crippen molar-refractivity contribution >= 4 is 102 Å². The predicted octanol–water partition coefficient (Wildman–Crippen LogP) is 13.5. The number of rotatable bonds is 6. The largest absolute Gasteiger partial charge is 0.416 e. The molecule has 0 N–H and O–H groups in total. The van der Waals surface area contributed by atoms with E-state index in [1.165, 1.54) is 0 Å². The Hall–Kier alpha value is -1.12. The average molecular weight is 882 g/mol. The molecule has 1 fully saturated rings. The Bertz CT molecular complexity index is 1690. The van der Waals surface area contributed by atoms with E-state index in [1.54, 1.807) is 12.1 Å². The van der Waals surface area contributed by atoms with Crippen molar-refractivity contribution in [2.45, 2.75) is 36.4 Å². The molecule has 0 unspecified atom stereocenters. The van der Waals surface area contributed by atoms with Gasteiger partial charge < -0.3 is 8.39 Å². The third kappa shape index (κ3) is 7.01. The summed E-state index contributed by atoms with van der Waals surface area (Å²) >= 11 is 14.1. The first kappa shape index (κ1) is 31.8. The van der Waals surface area contributed by atoms with Crippen molar-refractivity contribution in [3.8, 4) is 0 Å². The predicted molar refractivity (Wildman–Crippen MR) is 183 cm³/mol. The van der Waals surface area contributed by atoms with Gasteiger partial charge in [0.05, 0.1) is 8.95 Å². The highest BCUT2D eigenvalue weighted by atomic mass is 79.9. The first-order valence-electron chi connectivity index (χ1n) is 13.3. The van der Waals surface area contributed by atoms with E-state index >= 15 is 0 Å². The summed E-state index contributed by atoms with van der Waals surface area (Å²) in [5.74, 6) is 0. The second-order valence-electron chi connectivity index (χ2n) is 10.2. The molecule has 0 bridgehead atoms. The van der Waals surface area contributed by atoms with Crippen LogP contribution in [0.15, 0.2) is 111 Å². The van der Waals surface area contributed by atoms with E-state index < -0.39 is 28.4 Å². The molecular formula is C31H23Br4F3O3P2. The quantitative estimate of drug-likeness (QED) is 0.159. The molecule has 3 atom stereocenters. The lowest BCUT2D eigenvalue weighted by Gasteiger charge is -2.30. The maximum Gasteiger partial charge on any atom is 0.416 e. The molecule has 5 aromatic rings. The summed E-state index contributed by atoms with van der Waals surface area (Å²) in [7, 11) is -3.65. The molecule has 2 heterocycles. The molecule has 1 aliphatic rings. The Morgan fingerprint density at radius 3 is 1.58 bits per heavy atom. The lowest BCUT2D eigenvalue weighted by molar-refractivity contribution is -0.179. The molecule has 43 heavy (non-hydrogen) atoms. The van der Waals surface area contributed by atoms with Gasteiger partial charge in [-0.25, -0.2) is 0 Å². The van der Waals surface area contributed by atoms with Gasteiger partial charge in [0.15, 0.2) is 17.3 Å². The Balaban J connectivity index is 1.46. The maximum absolute atomic E-state index is 14.9. The molecule has 0 amide bonds. The van der Waals surface area contributed by atoms with Crippen molar-refractivity contribution in [1.82, 2.24) is 0 Å². The van der Waals surface area contributed by atoms with E-state index in [-0.39, 0.29) is 17.5 Å². The number of benzene rings is 4. The molecule has 0 aliphatic carbocycles. The standard InChI is InChI=1S/C31H23Br4F3O3P2/c32-20-13-22-23-14-21(33)16-25(35)30(23)41-43(40-29(22)24(34)15-20)39-28(31(36,37)38)17-42-26(18-7-3-1-4-8-18)11-12-27(42)19-9-5-2-6-10-19/h1-10,13-16,26-28H,11-12,17H2/t26-,27-,28+/m1/s1. The number of alkyl halides is 3. The van der Waals surface area contributed by atoms with Crippen LogP contribution in [-0.2, 0) is 0 Å². The van der Waals surface area contributed by atoms with Crippen molar-refractivity contribution in [2.75, 3.05) is 6.16 Å². The lowest BCUT2D eigenvalue weighted by Crippen LogP contribution is -2.36. The molecule has 3 nitrogen and oxygen atoms in total. The first-order valence-corrected chi connectivity index (χ1v) is 19.3. The van der Waals surface area contributed by atoms with Crippen molar-refractivity contribution in [3.05, 3.63) is 114 Å². The lowest BCUT2D eigenvalue weighted by atomic mass is 10.0. The minimum Gasteiger partial charge on any atom is -0.398 e. The summed E-state index contributed by atoms with van der Waals surface area (Å²) in [6.07, 6.45) is -5.22.